The zero-order chi connectivity index (χ0) is 48.4. The van der Waals surface area contributed by atoms with Crippen LogP contribution in [0.2, 0.25) is 0 Å². The van der Waals surface area contributed by atoms with E-state index in [1.807, 2.05) is 25.2 Å². The molecule has 15 aliphatic rings. The van der Waals surface area contributed by atoms with Crippen LogP contribution in [0.25, 0.3) is 0 Å². The number of aldehydes is 1. The molecule has 10 nitrogen and oxygen atoms in total. The standard InChI is InChI=1S/C61H73NO9/c1-62-47-24-40-33(11-6-13-36(40)29-63)10-4-5-18-57-28-44-39-16-15-35-20-31-17-19-56(26-31)53(49(35)39)58(30-64)52(44)61(70,59(57,68)27-37-21-42(47)51-43(50(37)57)25-48(65)71-51)55(67)46-23-41-34(22-45(54(56)66)60(46,58)69)12-7-14-38(41)32-8-2-3-9-32/h6-7,11-13,16,25,30-32,34,37-38,41-42,44-47,50-55,62-63,66-70H,2-3,5,8-9,14-15,17-24,26-29H2,1H3. The number of ether oxygens (including phenoxy) is 1. The Balaban J connectivity index is 0.992. The van der Waals surface area contributed by atoms with Gasteiger partial charge in [-0.25, -0.2) is 4.79 Å². The summed E-state index contributed by atoms with van der Waals surface area (Å²) in [7, 11) is 1.93. The number of allylic oxidation sites excluding steroid dienone is 6. The summed E-state index contributed by atoms with van der Waals surface area (Å²) in [6.45, 7) is -0.131. The van der Waals surface area contributed by atoms with E-state index in [-0.39, 0.29) is 48.7 Å². The molecule has 10 heteroatoms. The summed E-state index contributed by atoms with van der Waals surface area (Å²) in [6.07, 6.45) is 19.7. The molecule has 9 saturated carbocycles. The molecule has 1 aromatic rings. The Labute approximate surface area is 417 Å². The molecule has 16 rings (SSSR count). The lowest BCUT2D eigenvalue weighted by atomic mass is 9.26. The number of carbonyl (C=O) groups is 2. The predicted octanol–water partition coefficient (Wildman–Crippen LogP) is 6.18. The molecule has 7 N–H and O–H groups in total. The second kappa shape index (κ2) is 14.9. The fourth-order valence-electron chi connectivity index (χ4n) is 23.0. The van der Waals surface area contributed by atoms with Crippen molar-refractivity contribution in [2.45, 2.75) is 163 Å². The van der Waals surface area contributed by atoms with Gasteiger partial charge in [-0.15, -0.1) is 0 Å². The monoisotopic (exact) mass is 964 g/mol. The van der Waals surface area contributed by atoms with Crippen LogP contribution < -0.4 is 5.32 Å². The minimum atomic E-state index is -2.27. The summed E-state index contributed by atoms with van der Waals surface area (Å²) >= 11 is 0. The van der Waals surface area contributed by atoms with Gasteiger partial charge >= 0.3 is 5.97 Å². The minimum absolute atomic E-state index is 0.0382. The van der Waals surface area contributed by atoms with Crippen molar-refractivity contribution in [2.75, 3.05) is 7.05 Å². The molecule has 71 heavy (non-hydrogen) atoms. The molecule has 376 valence electrons. The zero-order valence-corrected chi connectivity index (χ0v) is 41.3. The van der Waals surface area contributed by atoms with Crippen molar-refractivity contribution >= 4 is 12.3 Å². The van der Waals surface area contributed by atoms with E-state index in [1.165, 1.54) is 18.4 Å². The number of hydrogen-bond donors (Lipinski definition) is 7. The average molecular weight is 964 g/mol. The van der Waals surface area contributed by atoms with Gasteiger partial charge in [0.1, 0.15) is 23.6 Å². The summed E-state index contributed by atoms with van der Waals surface area (Å²) < 4.78 is 6.43. The van der Waals surface area contributed by atoms with Crippen LogP contribution in [0.3, 0.4) is 0 Å². The molecule has 22 unspecified atom stereocenters. The summed E-state index contributed by atoms with van der Waals surface area (Å²) in [5.74, 6) is 3.29. The smallest absolute Gasteiger partial charge is 0.331 e. The first-order chi connectivity index (χ1) is 34.3. The Morgan fingerprint density at radius 3 is 2.55 bits per heavy atom. The number of fused-ring (bicyclic) bond motifs is 7. The molecule has 0 radical (unpaired) electrons. The van der Waals surface area contributed by atoms with E-state index >= 15 is 9.90 Å². The Morgan fingerprint density at radius 2 is 1.75 bits per heavy atom. The minimum Gasteiger partial charge on any atom is -0.454 e. The largest absolute Gasteiger partial charge is 0.454 e. The summed E-state index contributed by atoms with van der Waals surface area (Å²) in [5, 5.41) is 87.1. The molecule has 6 bridgehead atoms. The lowest BCUT2D eigenvalue weighted by Gasteiger charge is -2.79. The second-order valence-corrected chi connectivity index (χ2v) is 26.5. The van der Waals surface area contributed by atoms with Gasteiger partial charge in [-0.2, -0.15) is 0 Å². The van der Waals surface area contributed by atoms with Gasteiger partial charge in [0.2, 0.25) is 0 Å². The molecule has 14 aliphatic carbocycles. The van der Waals surface area contributed by atoms with Crippen molar-refractivity contribution in [3.8, 4) is 11.8 Å². The lowest BCUT2D eigenvalue weighted by Crippen LogP contribution is -2.90. The van der Waals surface area contributed by atoms with Gasteiger partial charge in [0.05, 0.1) is 29.8 Å². The van der Waals surface area contributed by atoms with Gasteiger partial charge in [-0.3, -0.25) is 0 Å². The van der Waals surface area contributed by atoms with Gasteiger partial charge < -0.3 is 45.5 Å². The number of likely N-dealkylation sites (N-methyl/N-ethyl adjacent to an activating group) is 1. The normalized spacial score (nSPS) is 53.2. The van der Waals surface area contributed by atoms with E-state index < -0.39 is 86.9 Å². The van der Waals surface area contributed by atoms with Gasteiger partial charge in [0.15, 0.2) is 0 Å². The first-order valence-electron chi connectivity index (χ1n) is 28.2. The van der Waals surface area contributed by atoms with Gasteiger partial charge in [0.25, 0.3) is 0 Å². The van der Waals surface area contributed by atoms with Gasteiger partial charge in [-0.1, -0.05) is 73.5 Å². The number of aliphatic hydroxyl groups excluding tert-OH is 3. The van der Waals surface area contributed by atoms with Crippen LogP contribution in [0.5, 0.6) is 0 Å². The van der Waals surface area contributed by atoms with E-state index in [0.29, 0.717) is 62.7 Å². The van der Waals surface area contributed by atoms with Crippen LogP contribution in [0, 0.1) is 105 Å². The highest BCUT2D eigenvalue weighted by Gasteiger charge is 2.91. The van der Waals surface area contributed by atoms with Crippen molar-refractivity contribution < 1.29 is 45.0 Å². The van der Waals surface area contributed by atoms with Crippen LogP contribution in [0.15, 0.2) is 64.8 Å². The molecule has 9 fully saturated rings. The van der Waals surface area contributed by atoms with Crippen molar-refractivity contribution in [1.82, 2.24) is 5.32 Å². The third-order valence-electron chi connectivity index (χ3n) is 24.9. The molecule has 1 aliphatic heterocycles. The number of carbonyl (C=O) groups excluding carboxylic acids is 2. The summed E-state index contributed by atoms with van der Waals surface area (Å²) in [6, 6.07) is 5.69. The van der Waals surface area contributed by atoms with Crippen LogP contribution in [-0.4, -0.2) is 91.1 Å². The fourth-order valence-corrected chi connectivity index (χ4v) is 23.0. The molecular weight excluding hydrogens is 891 g/mol. The van der Waals surface area contributed by atoms with Gasteiger partial charge in [0, 0.05) is 64.5 Å². The predicted molar refractivity (Wildman–Crippen MR) is 262 cm³/mol. The quantitative estimate of drug-likeness (QED) is 0.0799. The second-order valence-electron chi connectivity index (χ2n) is 26.5. The number of nitrogens with one attached hydrogen (secondary N) is 1. The van der Waals surface area contributed by atoms with Crippen molar-refractivity contribution in [3.05, 3.63) is 81.5 Å². The molecule has 22 atom stereocenters. The lowest BCUT2D eigenvalue weighted by molar-refractivity contribution is -0.403. The highest BCUT2D eigenvalue weighted by atomic mass is 16.5. The molecule has 0 amide bonds. The first-order valence-corrected chi connectivity index (χ1v) is 28.2. The van der Waals surface area contributed by atoms with Crippen LogP contribution in [-0.2, 0) is 27.4 Å². The van der Waals surface area contributed by atoms with Crippen LogP contribution in [0.1, 0.15) is 126 Å². The molecule has 1 heterocycles. The number of hydrogen-bond acceptors (Lipinski definition) is 10. The van der Waals surface area contributed by atoms with E-state index in [4.69, 9.17) is 4.74 Å². The number of esters is 1. The van der Waals surface area contributed by atoms with E-state index in [2.05, 4.69) is 35.4 Å². The maximum Gasteiger partial charge on any atom is 0.331 e. The highest BCUT2D eigenvalue weighted by molar-refractivity contribution is 5.86. The Hall–Kier alpha value is -3.40. The van der Waals surface area contributed by atoms with Crippen molar-refractivity contribution in [2.24, 2.45) is 93.2 Å². The average Bonchev–Trinajstić information content (AvgIpc) is 4.22. The van der Waals surface area contributed by atoms with E-state index in [1.54, 1.807) is 6.08 Å². The van der Waals surface area contributed by atoms with Crippen LogP contribution in [0.4, 0.5) is 0 Å². The summed E-state index contributed by atoms with van der Waals surface area (Å²) in [5.41, 5.74) is -2.53. The maximum atomic E-state index is 15.7. The zero-order valence-electron chi connectivity index (χ0n) is 41.3. The highest BCUT2D eigenvalue weighted by Crippen LogP contribution is 2.85. The van der Waals surface area contributed by atoms with Crippen molar-refractivity contribution in [3.63, 3.8) is 0 Å². The maximum absolute atomic E-state index is 15.7. The third-order valence-corrected chi connectivity index (χ3v) is 24.9. The number of rotatable bonds is 4. The molecule has 0 saturated heterocycles. The number of aliphatic hydroxyl groups is 6. The van der Waals surface area contributed by atoms with Crippen LogP contribution >= 0.6 is 0 Å². The molecule has 0 aromatic heterocycles. The third kappa shape index (κ3) is 5.09. The Morgan fingerprint density at radius 1 is 0.915 bits per heavy atom. The summed E-state index contributed by atoms with van der Waals surface area (Å²) in [4.78, 5) is 29.6. The van der Waals surface area contributed by atoms with Gasteiger partial charge in [-0.05, 0) is 172 Å². The Kier molecular flexibility index (Phi) is 9.46. The Bertz CT molecular complexity index is 2720. The van der Waals surface area contributed by atoms with E-state index in [9.17, 15) is 30.3 Å². The first kappa shape index (κ1) is 45.0. The SMILES string of the molecule is CNC1Cc2c(cccc2CO)C#CCCC23CC4C5=CCC6=C5C5C7(CCC(C6)C7)C(O)C6CC7C=CCC(C8CCCC8)C7CC7C(O)C(O)(C4C5(C=O)C67O)C2(O)CC2CC1C1OC(=O)C=C1C23. The van der Waals surface area contributed by atoms with Crippen molar-refractivity contribution in [1.29, 1.82) is 0 Å². The van der Waals surface area contributed by atoms with E-state index in [0.717, 1.165) is 91.1 Å². The molecule has 2 spiro atoms. The fraction of sp³-hybridized carbons (Fsp3) is 0.705. The molecule has 1 aromatic carbocycles. The topological polar surface area (TPSA) is 177 Å². The number of benzene rings is 1. The molecular formula is C61H73NO9.